The Morgan fingerprint density at radius 1 is 1.62 bits per heavy atom. The average Bonchev–Trinajstić information content (AvgIpc) is 2.50. The molecule has 1 rings (SSSR count). The summed E-state index contributed by atoms with van der Waals surface area (Å²) in [6.07, 6.45) is 1.92. The van der Waals surface area contributed by atoms with E-state index in [9.17, 15) is 8.42 Å². The van der Waals surface area contributed by atoms with Crippen molar-refractivity contribution in [3.05, 3.63) is 0 Å². The first-order chi connectivity index (χ1) is 5.95. The zero-order valence-electron chi connectivity index (χ0n) is 7.90. The average molecular weight is 202 g/mol. The molecule has 0 N–H and O–H groups in total. The van der Waals surface area contributed by atoms with Gasteiger partial charge in [0.25, 0.3) is 0 Å². The first-order valence-electron chi connectivity index (χ1n) is 4.27. The Labute approximate surface area is 79.1 Å². The topological polar surface area (TPSA) is 61.2 Å². The highest BCUT2D eigenvalue weighted by Gasteiger charge is 2.31. The molecule has 0 aromatic carbocycles. The van der Waals surface area contributed by atoms with E-state index in [-0.39, 0.29) is 11.3 Å². The van der Waals surface area contributed by atoms with Crippen LogP contribution in [0.2, 0.25) is 0 Å². The van der Waals surface area contributed by atoms with Gasteiger partial charge in [-0.2, -0.15) is 5.26 Å². The second kappa shape index (κ2) is 3.64. The van der Waals surface area contributed by atoms with Gasteiger partial charge in [0.05, 0.1) is 17.4 Å². The molecule has 1 heterocycles. The molecule has 2 unspecified atom stereocenters. The quantitative estimate of drug-likeness (QED) is 0.633. The maximum Gasteiger partial charge on any atom is 0.151 e. The van der Waals surface area contributed by atoms with E-state index in [1.807, 2.05) is 4.90 Å². The third kappa shape index (κ3) is 2.42. The summed E-state index contributed by atoms with van der Waals surface area (Å²) in [5.74, 6) is 0. The summed E-state index contributed by atoms with van der Waals surface area (Å²) < 4.78 is 22.4. The Morgan fingerprint density at radius 3 is 2.62 bits per heavy atom. The lowest BCUT2D eigenvalue weighted by Gasteiger charge is -2.17. The minimum Gasteiger partial charge on any atom is -0.287 e. The fraction of sp³-hybridized carbons (Fsp3) is 0.875. The molecule has 0 aromatic heterocycles. The molecule has 0 aromatic rings. The molecule has 0 bridgehead atoms. The highest BCUT2D eigenvalue weighted by Crippen LogP contribution is 2.17. The molecule has 0 spiro atoms. The van der Waals surface area contributed by atoms with E-state index >= 15 is 0 Å². The zero-order chi connectivity index (χ0) is 10.1. The van der Waals surface area contributed by atoms with Gasteiger partial charge in [-0.1, -0.05) is 0 Å². The molecule has 2 atom stereocenters. The summed E-state index contributed by atoms with van der Waals surface area (Å²) >= 11 is 0. The predicted octanol–water partition coefficient (Wildman–Crippen LogP) is 0.0174. The van der Waals surface area contributed by atoms with E-state index in [4.69, 9.17) is 5.26 Å². The van der Waals surface area contributed by atoms with Crippen LogP contribution in [-0.2, 0) is 9.84 Å². The Morgan fingerprint density at radius 2 is 2.23 bits per heavy atom. The minimum absolute atomic E-state index is 0.174. The molecule has 4 nitrogen and oxygen atoms in total. The van der Waals surface area contributed by atoms with E-state index < -0.39 is 9.84 Å². The lowest BCUT2D eigenvalue weighted by atomic mass is 10.3. The van der Waals surface area contributed by atoms with Crippen molar-refractivity contribution in [1.82, 2.24) is 4.90 Å². The maximum atomic E-state index is 11.2. The number of hydrogen-bond acceptors (Lipinski definition) is 4. The van der Waals surface area contributed by atoms with Gasteiger partial charge in [0, 0.05) is 19.3 Å². The SMILES string of the molecule is CC(C#N)N1CCC(S(C)(=O)=O)C1. The molecule has 1 saturated heterocycles. The van der Waals surface area contributed by atoms with Crippen LogP contribution in [0.5, 0.6) is 0 Å². The van der Waals surface area contributed by atoms with Crippen LogP contribution >= 0.6 is 0 Å². The van der Waals surface area contributed by atoms with Gasteiger partial charge in [0.1, 0.15) is 0 Å². The second-order valence-electron chi connectivity index (χ2n) is 3.54. The van der Waals surface area contributed by atoms with Crippen LogP contribution in [0.15, 0.2) is 0 Å². The number of likely N-dealkylation sites (tertiary alicyclic amines) is 1. The van der Waals surface area contributed by atoms with Crippen LogP contribution in [-0.4, -0.2) is 44.0 Å². The van der Waals surface area contributed by atoms with Gasteiger partial charge in [-0.3, -0.25) is 4.90 Å². The van der Waals surface area contributed by atoms with Crippen molar-refractivity contribution in [2.24, 2.45) is 0 Å². The smallest absolute Gasteiger partial charge is 0.151 e. The normalized spacial score (nSPS) is 27.0. The van der Waals surface area contributed by atoms with E-state index in [1.165, 1.54) is 6.26 Å². The summed E-state index contributed by atoms with van der Waals surface area (Å²) in [6.45, 7) is 3.02. The Hall–Kier alpha value is -0.600. The van der Waals surface area contributed by atoms with Crippen molar-refractivity contribution in [1.29, 1.82) is 5.26 Å². The molecule has 74 valence electrons. The zero-order valence-corrected chi connectivity index (χ0v) is 8.71. The van der Waals surface area contributed by atoms with Crippen LogP contribution in [0, 0.1) is 11.3 Å². The van der Waals surface area contributed by atoms with Crippen molar-refractivity contribution >= 4 is 9.84 Å². The largest absolute Gasteiger partial charge is 0.287 e. The standard InChI is InChI=1S/C8H14N2O2S/c1-7(5-9)10-4-3-8(6-10)13(2,11)12/h7-8H,3-4,6H2,1-2H3. The van der Waals surface area contributed by atoms with Gasteiger partial charge in [-0.15, -0.1) is 0 Å². The monoisotopic (exact) mass is 202 g/mol. The molecule has 0 amide bonds. The van der Waals surface area contributed by atoms with Gasteiger partial charge in [0.2, 0.25) is 0 Å². The van der Waals surface area contributed by atoms with Gasteiger partial charge in [-0.05, 0) is 13.3 Å². The van der Waals surface area contributed by atoms with Crippen molar-refractivity contribution in [2.45, 2.75) is 24.6 Å². The summed E-state index contributed by atoms with van der Waals surface area (Å²) in [7, 11) is -2.93. The van der Waals surface area contributed by atoms with E-state index in [0.29, 0.717) is 19.5 Å². The molecule has 1 aliphatic rings. The summed E-state index contributed by atoms with van der Waals surface area (Å²) in [5, 5.41) is 8.37. The predicted molar refractivity (Wildman–Crippen MR) is 49.9 cm³/mol. The van der Waals surface area contributed by atoms with Gasteiger partial charge >= 0.3 is 0 Å². The Balaban J connectivity index is 2.61. The molecule has 1 fully saturated rings. The number of nitrogens with zero attached hydrogens (tertiary/aromatic N) is 2. The minimum atomic E-state index is -2.93. The van der Waals surface area contributed by atoms with E-state index in [2.05, 4.69) is 6.07 Å². The van der Waals surface area contributed by atoms with E-state index in [0.717, 1.165) is 0 Å². The van der Waals surface area contributed by atoms with Crippen LogP contribution in [0.3, 0.4) is 0 Å². The number of hydrogen-bond donors (Lipinski definition) is 0. The summed E-state index contributed by atoms with van der Waals surface area (Å²) in [5.41, 5.74) is 0. The first-order valence-corrected chi connectivity index (χ1v) is 6.23. The molecule has 1 aliphatic heterocycles. The van der Waals surface area contributed by atoms with Gasteiger partial charge in [-0.25, -0.2) is 8.42 Å². The second-order valence-corrected chi connectivity index (χ2v) is 5.87. The first kappa shape index (κ1) is 10.5. The number of sulfone groups is 1. The highest BCUT2D eigenvalue weighted by atomic mass is 32.2. The lowest BCUT2D eigenvalue weighted by Crippen LogP contribution is -2.32. The molecule has 0 saturated carbocycles. The number of rotatable bonds is 2. The van der Waals surface area contributed by atoms with Gasteiger partial charge < -0.3 is 0 Å². The summed E-state index contributed by atoms with van der Waals surface area (Å²) in [6, 6.07) is 1.94. The molecule has 0 aliphatic carbocycles. The molecule has 13 heavy (non-hydrogen) atoms. The Bertz CT molecular complexity index is 318. The van der Waals surface area contributed by atoms with Crippen molar-refractivity contribution in [2.75, 3.05) is 19.3 Å². The molecule has 5 heteroatoms. The Kier molecular flexibility index (Phi) is 2.94. The third-order valence-electron chi connectivity index (χ3n) is 2.52. The highest BCUT2D eigenvalue weighted by molar-refractivity contribution is 7.91. The molecular formula is C8H14N2O2S. The fourth-order valence-electron chi connectivity index (χ4n) is 1.54. The van der Waals surface area contributed by atoms with Crippen molar-refractivity contribution in [3.8, 4) is 6.07 Å². The van der Waals surface area contributed by atoms with Crippen LogP contribution in [0.4, 0.5) is 0 Å². The van der Waals surface area contributed by atoms with Crippen LogP contribution in [0.1, 0.15) is 13.3 Å². The summed E-state index contributed by atoms with van der Waals surface area (Å²) in [4.78, 5) is 1.91. The fourth-order valence-corrected chi connectivity index (χ4v) is 2.53. The molecule has 0 radical (unpaired) electrons. The lowest BCUT2D eigenvalue weighted by molar-refractivity contribution is 0.306. The van der Waals surface area contributed by atoms with Gasteiger partial charge in [0.15, 0.2) is 9.84 Å². The van der Waals surface area contributed by atoms with Crippen LogP contribution < -0.4 is 0 Å². The van der Waals surface area contributed by atoms with Crippen LogP contribution in [0.25, 0.3) is 0 Å². The third-order valence-corrected chi connectivity index (χ3v) is 4.11. The maximum absolute atomic E-state index is 11.2. The molecular weight excluding hydrogens is 188 g/mol. The number of nitriles is 1. The van der Waals surface area contributed by atoms with Crippen molar-refractivity contribution in [3.63, 3.8) is 0 Å². The van der Waals surface area contributed by atoms with E-state index in [1.54, 1.807) is 6.92 Å². The van der Waals surface area contributed by atoms with Crippen molar-refractivity contribution < 1.29 is 8.42 Å².